The normalized spacial score (nSPS) is 33.3. The molecule has 17 heavy (non-hydrogen) atoms. The third-order valence-corrected chi connectivity index (χ3v) is 4.85. The van der Waals surface area contributed by atoms with Gasteiger partial charge in [0, 0.05) is 24.9 Å². The van der Waals surface area contributed by atoms with E-state index in [9.17, 15) is 4.79 Å². The number of rotatable bonds is 3. The minimum Gasteiger partial charge on any atom is -0.339 e. The van der Waals surface area contributed by atoms with E-state index in [4.69, 9.17) is 11.6 Å². The van der Waals surface area contributed by atoms with Crippen LogP contribution >= 0.6 is 11.6 Å². The highest BCUT2D eigenvalue weighted by atomic mass is 35.5. The van der Waals surface area contributed by atoms with E-state index in [0.717, 1.165) is 24.8 Å². The van der Waals surface area contributed by atoms with Gasteiger partial charge in [0.15, 0.2) is 0 Å². The Morgan fingerprint density at radius 2 is 2.06 bits per heavy atom. The smallest absolute Gasteiger partial charge is 0.222 e. The van der Waals surface area contributed by atoms with Crippen molar-refractivity contribution in [3.63, 3.8) is 0 Å². The van der Waals surface area contributed by atoms with Gasteiger partial charge in [-0.2, -0.15) is 0 Å². The summed E-state index contributed by atoms with van der Waals surface area (Å²) in [6.07, 6.45) is 7.86. The van der Waals surface area contributed by atoms with E-state index in [2.05, 4.69) is 11.8 Å². The number of hydrogen-bond donors (Lipinski definition) is 0. The van der Waals surface area contributed by atoms with Crippen LogP contribution in [0.1, 0.15) is 51.9 Å². The molecule has 0 spiro atoms. The first-order chi connectivity index (χ1) is 8.24. The summed E-state index contributed by atoms with van der Waals surface area (Å²) in [5, 5.41) is 0. The standard InChI is InChI=1S/C14H24ClNO/c1-11-8-10-16(14(17)7-4-9-15)13-6-3-2-5-12(11)13/h11-13H,2-10H2,1H3. The molecule has 3 unspecified atom stereocenters. The molecule has 98 valence electrons. The Morgan fingerprint density at radius 1 is 1.29 bits per heavy atom. The molecule has 0 N–H and O–H groups in total. The molecule has 2 nitrogen and oxygen atoms in total. The number of carbonyl (C=O) groups excluding carboxylic acids is 1. The van der Waals surface area contributed by atoms with Gasteiger partial charge < -0.3 is 4.90 Å². The zero-order valence-corrected chi connectivity index (χ0v) is 11.6. The van der Waals surface area contributed by atoms with E-state index in [1.165, 1.54) is 32.1 Å². The Hall–Kier alpha value is -0.240. The first kappa shape index (κ1) is 13.2. The fraction of sp³-hybridized carbons (Fsp3) is 0.929. The predicted molar refractivity (Wildman–Crippen MR) is 71.2 cm³/mol. The first-order valence-electron chi connectivity index (χ1n) is 7.09. The molecule has 1 amide bonds. The van der Waals surface area contributed by atoms with Crippen LogP contribution < -0.4 is 0 Å². The van der Waals surface area contributed by atoms with Crippen LogP contribution in [0.15, 0.2) is 0 Å². The van der Waals surface area contributed by atoms with Gasteiger partial charge in [-0.15, -0.1) is 11.6 Å². The summed E-state index contributed by atoms with van der Waals surface area (Å²) < 4.78 is 0. The van der Waals surface area contributed by atoms with Crippen LogP contribution in [0, 0.1) is 11.8 Å². The lowest BCUT2D eigenvalue weighted by molar-refractivity contribution is -0.139. The largest absolute Gasteiger partial charge is 0.339 e. The summed E-state index contributed by atoms with van der Waals surface area (Å²) in [5.74, 6) is 2.51. The van der Waals surface area contributed by atoms with Gasteiger partial charge in [0.05, 0.1) is 0 Å². The molecule has 1 saturated carbocycles. The van der Waals surface area contributed by atoms with Gasteiger partial charge in [-0.1, -0.05) is 19.8 Å². The van der Waals surface area contributed by atoms with E-state index >= 15 is 0 Å². The van der Waals surface area contributed by atoms with E-state index < -0.39 is 0 Å². The number of carbonyl (C=O) groups is 1. The van der Waals surface area contributed by atoms with E-state index in [0.29, 0.717) is 24.2 Å². The lowest BCUT2D eigenvalue weighted by Crippen LogP contribution is -2.52. The molecule has 0 bridgehead atoms. The second-order valence-corrected chi connectivity index (χ2v) is 6.04. The highest BCUT2D eigenvalue weighted by Crippen LogP contribution is 2.38. The van der Waals surface area contributed by atoms with Crippen LogP contribution in [0.3, 0.4) is 0 Å². The Labute approximate surface area is 110 Å². The monoisotopic (exact) mass is 257 g/mol. The number of piperidine rings is 1. The van der Waals surface area contributed by atoms with Gasteiger partial charge in [-0.05, 0) is 37.5 Å². The maximum absolute atomic E-state index is 12.2. The molecular formula is C14H24ClNO. The number of fused-ring (bicyclic) bond motifs is 1. The zero-order valence-electron chi connectivity index (χ0n) is 10.8. The van der Waals surface area contributed by atoms with Crippen LogP contribution in [0.25, 0.3) is 0 Å². The quantitative estimate of drug-likeness (QED) is 0.710. The molecule has 1 aliphatic heterocycles. The Bertz CT molecular complexity index is 269. The maximum atomic E-state index is 12.2. The van der Waals surface area contributed by atoms with Crippen LogP contribution in [0.2, 0.25) is 0 Å². The van der Waals surface area contributed by atoms with Gasteiger partial charge in [0.2, 0.25) is 5.91 Å². The van der Waals surface area contributed by atoms with Crippen LogP contribution in [0.5, 0.6) is 0 Å². The summed E-state index contributed by atoms with van der Waals surface area (Å²) in [4.78, 5) is 14.4. The number of alkyl halides is 1. The van der Waals surface area contributed by atoms with Crippen molar-refractivity contribution < 1.29 is 4.79 Å². The lowest BCUT2D eigenvalue weighted by atomic mass is 9.72. The van der Waals surface area contributed by atoms with Crippen LogP contribution in [-0.4, -0.2) is 29.3 Å². The van der Waals surface area contributed by atoms with E-state index in [-0.39, 0.29) is 0 Å². The van der Waals surface area contributed by atoms with Crippen molar-refractivity contribution >= 4 is 17.5 Å². The summed E-state index contributed by atoms with van der Waals surface area (Å²) in [6, 6.07) is 0.537. The Morgan fingerprint density at radius 3 is 2.82 bits per heavy atom. The predicted octanol–water partition coefficient (Wildman–Crippen LogP) is 3.43. The van der Waals surface area contributed by atoms with Crippen LogP contribution in [0.4, 0.5) is 0 Å². The van der Waals surface area contributed by atoms with Crippen molar-refractivity contribution in [3.05, 3.63) is 0 Å². The highest BCUT2D eigenvalue weighted by molar-refractivity contribution is 6.17. The molecule has 0 aromatic rings. The molecule has 1 saturated heterocycles. The molecule has 0 aromatic carbocycles. The molecule has 3 heteroatoms. The third-order valence-electron chi connectivity index (χ3n) is 4.58. The SMILES string of the molecule is CC1CCN(C(=O)CCCCl)C2CCCCC12. The number of hydrogen-bond acceptors (Lipinski definition) is 1. The molecule has 1 heterocycles. The van der Waals surface area contributed by atoms with Crippen molar-refractivity contribution in [1.29, 1.82) is 0 Å². The minimum atomic E-state index is 0.342. The van der Waals surface area contributed by atoms with Gasteiger partial charge in [0.1, 0.15) is 0 Å². The summed E-state index contributed by atoms with van der Waals surface area (Å²) >= 11 is 5.67. The van der Waals surface area contributed by atoms with Gasteiger partial charge in [0.25, 0.3) is 0 Å². The second kappa shape index (κ2) is 6.08. The van der Waals surface area contributed by atoms with Crippen molar-refractivity contribution in [3.8, 4) is 0 Å². The zero-order chi connectivity index (χ0) is 12.3. The Balaban J connectivity index is 1.99. The van der Waals surface area contributed by atoms with E-state index in [1.54, 1.807) is 0 Å². The number of halogens is 1. The molecule has 3 atom stereocenters. The van der Waals surface area contributed by atoms with Gasteiger partial charge >= 0.3 is 0 Å². The topological polar surface area (TPSA) is 20.3 Å². The molecule has 2 rings (SSSR count). The fourth-order valence-corrected chi connectivity index (χ4v) is 3.72. The molecule has 0 aromatic heterocycles. The summed E-state index contributed by atoms with van der Waals surface area (Å²) in [7, 11) is 0. The molecular weight excluding hydrogens is 234 g/mol. The third kappa shape index (κ3) is 2.96. The highest BCUT2D eigenvalue weighted by Gasteiger charge is 2.38. The van der Waals surface area contributed by atoms with Crippen molar-refractivity contribution in [2.45, 2.75) is 57.9 Å². The second-order valence-electron chi connectivity index (χ2n) is 5.66. The van der Waals surface area contributed by atoms with Crippen molar-refractivity contribution in [2.75, 3.05) is 12.4 Å². The Kier molecular flexibility index (Phi) is 4.72. The van der Waals surface area contributed by atoms with Crippen molar-refractivity contribution in [2.24, 2.45) is 11.8 Å². The number of nitrogens with zero attached hydrogens (tertiary/aromatic N) is 1. The summed E-state index contributed by atoms with van der Waals surface area (Å²) in [6.45, 7) is 3.34. The minimum absolute atomic E-state index is 0.342. The number of amides is 1. The fourth-order valence-electron chi connectivity index (χ4n) is 3.58. The molecule has 2 fully saturated rings. The van der Waals surface area contributed by atoms with E-state index in [1.807, 2.05) is 0 Å². The summed E-state index contributed by atoms with van der Waals surface area (Å²) in [5.41, 5.74) is 0. The van der Waals surface area contributed by atoms with Crippen molar-refractivity contribution in [1.82, 2.24) is 4.90 Å². The molecule has 0 radical (unpaired) electrons. The maximum Gasteiger partial charge on any atom is 0.222 e. The van der Waals surface area contributed by atoms with Gasteiger partial charge in [-0.3, -0.25) is 4.79 Å². The lowest BCUT2D eigenvalue weighted by Gasteiger charge is -2.47. The molecule has 2 aliphatic rings. The average Bonchev–Trinajstić information content (AvgIpc) is 2.37. The van der Waals surface area contributed by atoms with Gasteiger partial charge in [-0.25, -0.2) is 0 Å². The average molecular weight is 258 g/mol. The first-order valence-corrected chi connectivity index (χ1v) is 7.63. The van der Waals surface area contributed by atoms with Crippen LogP contribution in [-0.2, 0) is 4.79 Å². The number of likely N-dealkylation sites (tertiary alicyclic amines) is 1. The molecule has 1 aliphatic carbocycles.